The molecule has 1 amide bonds. The Bertz CT molecular complexity index is 1070. The van der Waals surface area contributed by atoms with Gasteiger partial charge in [0.05, 0.1) is 11.8 Å². The maximum atomic E-state index is 9.06. The van der Waals surface area contributed by atoms with Gasteiger partial charge in [0.15, 0.2) is 0 Å². The van der Waals surface area contributed by atoms with Gasteiger partial charge < -0.3 is 15.8 Å². The van der Waals surface area contributed by atoms with Crippen LogP contribution in [0.15, 0.2) is 78.9 Å². The Balaban J connectivity index is 0.000000597. The molecule has 0 aromatic heterocycles. The van der Waals surface area contributed by atoms with Crippen LogP contribution in [-0.2, 0) is 9.53 Å². The number of hydrogen-bond acceptors (Lipinski definition) is 4. The molecule has 3 aromatic carbocycles. The number of para-hydroxylation sites is 1. The average molecular weight is 576 g/mol. The van der Waals surface area contributed by atoms with Crippen molar-refractivity contribution in [2.45, 2.75) is 92.1 Å². The molecule has 0 bridgehead atoms. The second kappa shape index (κ2) is 24.2. The summed E-state index contributed by atoms with van der Waals surface area (Å²) in [5.41, 5.74) is 11.4. The fourth-order valence-corrected chi connectivity index (χ4v) is 4.21. The first-order valence-corrected chi connectivity index (χ1v) is 15.5. The van der Waals surface area contributed by atoms with Crippen molar-refractivity contribution >= 4 is 17.8 Å². The number of methoxy groups -OCH3 is 1. The van der Waals surface area contributed by atoms with E-state index < -0.39 is 0 Å². The van der Waals surface area contributed by atoms with Gasteiger partial charge in [-0.25, -0.2) is 0 Å². The van der Waals surface area contributed by atoms with Crippen molar-refractivity contribution in [3.8, 4) is 0 Å². The molecule has 1 aliphatic rings. The van der Waals surface area contributed by atoms with Gasteiger partial charge in [0.25, 0.3) is 0 Å². The number of benzene rings is 3. The SMILES string of the molecule is CC.CCCC(C)CCC.CNC=O.COC(C)c1ccccc1.N=C(c1ccc(C2CC2)cc1)c1ccccc1N. The normalized spacial score (nSPS) is 11.9. The number of nitrogen functional groups attached to an aromatic ring is 1. The largest absolute Gasteiger partial charge is 0.398 e. The molecule has 5 heteroatoms. The summed E-state index contributed by atoms with van der Waals surface area (Å²) >= 11 is 0. The Labute approximate surface area is 256 Å². The van der Waals surface area contributed by atoms with Crippen molar-refractivity contribution < 1.29 is 9.53 Å². The first-order valence-electron chi connectivity index (χ1n) is 15.5. The molecule has 1 atom stereocenters. The van der Waals surface area contributed by atoms with E-state index in [0.717, 1.165) is 23.0 Å². The average Bonchev–Trinajstić information content (AvgIpc) is 3.89. The van der Waals surface area contributed by atoms with Gasteiger partial charge in [-0.2, -0.15) is 0 Å². The minimum absolute atomic E-state index is 0.209. The highest BCUT2D eigenvalue weighted by Gasteiger charge is 2.23. The summed E-state index contributed by atoms with van der Waals surface area (Å²) in [7, 11) is 3.28. The second-order valence-electron chi connectivity index (χ2n) is 10.2. The first-order chi connectivity index (χ1) is 20.3. The summed E-state index contributed by atoms with van der Waals surface area (Å²) < 4.78 is 5.14. The van der Waals surface area contributed by atoms with Crippen LogP contribution in [0.25, 0.3) is 0 Å². The summed E-state index contributed by atoms with van der Waals surface area (Å²) in [6, 6.07) is 26.0. The smallest absolute Gasteiger partial charge is 0.206 e. The lowest BCUT2D eigenvalue weighted by molar-refractivity contribution is -0.109. The van der Waals surface area contributed by atoms with E-state index in [0.29, 0.717) is 17.8 Å². The van der Waals surface area contributed by atoms with Crippen molar-refractivity contribution in [3.05, 3.63) is 101 Å². The maximum Gasteiger partial charge on any atom is 0.206 e. The molecule has 3 aromatic rings. The molecule has 4 rings (SSSR count). The highest BCUT2D eigenvalue weighted by molar-refractivity contribution is 6.13. The molecule has 1 fully saturated rings. The molecular weight excluding hydrogens is 518 g/mol. The number of amides is 1. The number of carbonyl (C=O) groups is 1. The molecule has 0 heterocycles. The van der Waals surface area contributed by atoms with Gasteiger partial charge in [-0.15, -0.1) is 0 Å². The molecule has 4 N–H and O–H groups in total. The standard InChI is InChI=1S/C16H16N2.C9H12O.C8H18.C2H5NO.C2H6/c17-15-4-2-1-3-14(15)16(18)13-9-7-12(8-10-13)11-5-6-11;1-8(10-2)9-6-4-3-5-7-9;1-4-6-8(3)7-5-2;1-3-2-4;1-2/h1-4,7-11,18H,5-6,17H2;3-8H,1-2H3;8H,4-7H2,1-3H3;2H,1H3,(H,3,4);1-2H3. The zero-order valence-electron chi connectivity index (χ0n) is 27.5. The third-order valence-corrected chi connectivity index (χ3v) is 6.78. The lowest BCUT2D eigenvalue weighted by atomic mass is 9.99. The zero-order valence-corrected chi connectivity index (χ0v) is 27.5. The van der Waals surface area contributed by atoms with Gasteiger partial charge in [0.2, 0.25) is 6.41 Å². The van der Waals surface area contributed by atoms with E-state index in [2.05, 4.69) is 50.4 Å². The van der Waals surface area contributed by atoms with Crippen molar-refractivity contribution in [3.63, 3.8) is 0 Å². The van der Waals surface area contributed by atoms with Crippen LogP contribution in [0.1, 0.15) is 114 Å². The Kier molecular flexibility index (Phi) is 22.2. The third-order valence-electron chi connectivity index (χ3n) is 6.78. The second-order valence-corrected chi connectivity index (χ2v) is 10.2. The molecule has 42 heavy (non-hydrogen) atoms. The molecule has 1 aliphatic carbocycles. The maximum absolute atomic E-state index is 9.06. The topological polar surface area (TPSA) is 88.2 Å². The number of carbonyl (C=O) groups excluding carboxylic acids is 1. The lowest BCUT2D eigenvalue weighted by Gasteiger charge is -2.08. The van der Waals surface area contributed by atoms with Gasteiger partial charge >= 0.3 is 0 Å². The predicted molar refractivity (Wildman–Crippen MR) is 183 cm³/mol. The molecule has 0 aliphatic heterocycles. The molecule has 232 valence electrons. The van der Waals surface area contributed by atoms with E-state index in [1.165, 1.54) is 49.7 Å². The predicted octanol–water partition coefficient (Wildman–Crippen LogP) is 9.57. The van der Waals surface area contributed by atoms with Gasteiger partial charge in [-0.1, -0.05) is 133 Å². The van der Waals surface area contributed by atoms with Gasteiger partial charge in [0.1, 0.15) is 0 Å². The van der Waals surface area contributed by atoms with Crippen LogP contribution >= 0.6 is 0 Å². The van der Waals surface area contributed by atoms with Crippen LogP contribution < -0.4 is 11.1 Å². The lowest BCUT2D eigenvalue weighted by Crippen LogP contribution is -2.05. The van der Waals surface area contributed by atoms with E-state index in [4.69, 9.17) is 20.7 Å². The Morgan fingerprint density at radius 3 is 1.86 bits per heavy atom. The van der Waals surface area contributed by atoms with Crippen LogP contribution in [0.4, 0.5) is 5.69 Å². The molecule has 1 unspecified atom stereocenters. The van der Waals surface area contributed by atoms with Crippen LogP contribution in [0.5, 0.6) is 0 Å². The third kappa shape index (κ3) is 16.1. The molecule has 0 saturated heterocycles. The zero-order chi connectivity index (χ0) is 31.8. The van der Waals surface area contributed by atoms with Crippen LogP contribution in [0.2, 0.25) is 0 Å². The highest BCUT2D eigenvalue weighted by Crippen LogP contribution is 2.40. The molecule has 0 spiro atoms. The van der Waals surface area contributed by atoms with Crippen molar-refractivity contribution in [2.75, 3.05) is 19.9 Å². The quantitative estimate of drug-likeness (QED) is 0.128. The highest BCUT2D eigenvalue weighted by atomic mass is 16.5. The van der Waals surface area contributed by atoms with Gasteiger partial charge in [0, 0.05) is 31.0 Å². The molecular formula is C37H57N3O2. The summed E-state index contributed by atoms with van der Waals surface area (Å²) in [5.74, 6) is 1.72. The Morgan fingerprint density at radius 2 is 1.43 bits per heavy atom. The number of rotatable bonds is 10. The Morgan fingerprint density at radius 1 is 0.929 bits per heavy atom. The van der Waals surface area contributed by atoms with E-state index in [9.17, 15) is 0 Å². The fraction of sp³-hybridized carbons (Fsp3) is 0.459. The van der Waals surface area contributed by atoms with Crippen molar-refractivity contribution in [1.82, 2.24) is 5.32 Å². The summed E-state index contributed by atoms with van der Waals surface area (Å²) in [6.07, 6.45) is 8.97. The molecule has 5 nitrogen and oxygen atoms in total. The summed E-state index contributed by atoms with van der Waals surface area (Å²) in [4.78, 5) is 9.06. The van der Waals surface area contributed by atoms with E-state index in [1.807, 2.05) is 75.4 Å². The number of hydrogen-bond donors (Lipinski definition) is 3. The number of ether oxygens (including phenoxy) is 1. The minimum atomic E-state index is 0.209. The summed E-state index contributed by atoms with van der Waals surface area (Å²) in [6.45, 7) is 12.9. The van der Waals surface area contributed by atoms with Gasteiger partial charge in [-0.05, 0) is 48.8 Å². The van der Waals surface area contributed by atoms with Crippen LogP contribution in [0.3, 0.4) is 0 Å². The monoisotopic (exact) mass is 575 g/mol. The fourth-order valence-electron chi connectivity index (χ4n) is 4.21. The van der Waals surface area contributed by atoms with Crippen LogP contribution in [-0.4, -0.2) is 26.3 Å². The van der Waals surface area contributed by atoms with E-state index >= 15 is 0 Å². The molecule has 0 radical (unpaired) electrons. The number of nitrogens with one attached hydrogen (secondary N) is 2. The van der Waals surface area contributed by atoms with Gasteiger partial charge in [-0.3, -0.25) is 10.2 Å². The Hall–Kier alpha value is -3.44. The van der Waals surface area contributed by atoms with Crippen molar-refractivity contribution in [1.29, 1.82) is 5.41 Å². The number of nitrogens with two attached hydrogens (primary N) is 1. The van der Waals surface area contributed by atoms with E-state index in [1.54, 1.807) is 14.2 Å². The summed E-state index contributed by atoms with van der Waals surface area (Å²) in [5, 5.41) is 10.5. The number of anilines is 1. The van der Waals surface area contributed by atoms with E-state index in [-0.39, 0.29) is 6.10 Å². The molecule has 1 saturated carbocycles. The minimum Gasteiger partial charge on any atom is -0.398 e. The first kappa shape index (κ1) is 38.6. The van der Waals surface area contributed by atoms with Crippen LogP contribution in [0, 0.1) is 11.3 Å². The van der Waals surface area contributed by atoms with Crippen molar-refractivity contribution in [2.24, 2.45) is 5.92 Å².